The molecule has 3 atom stereocenters. The molecule has 0 unspecified atom stereocenters. The van der Waals surface area contributed by atoms with Crippen LogP contribution in [-0.4, -0.2) is 36.3 Å². The van der Waals surface area contributed by atoms with Gasteiger partial charge in [-0.25, -0.2) is 17.5 Å². The van der Waals surface area contributed by atoms with Gasteiger partial charge in [0, 0.05) is 24.0 Å². The predicted molar refractivity (Wildman–Crippen MR) is 183 cm³/mol. The second kappa shape index (κ2) is 13.9. The van der Waals surface area contributed by atoms with Crippen molar-refractivity contribution in [1.29, 1.82) is 0 Å². The van der Waals surface area contributed by atoms with Gasteiger partial charge in [0.25, 0.3) is 0 Å². The highest BCUT2D eigenvalue weighted by molar-refractivity contribution is 7.92. The summed E-state index contributed by atoms with van der Waals surface area (Å²) < 4.78 is 50.5. The van der Waals surface area contributed by atoms with Crippen LogP contribution in [0.4, 0.5) is 10.2 Å². The van der Waals surface area contributed by atoms with Gasteiger partial charge in [0.05, 0.1) is 23.7 Å². The molecular formula is C37H50FN3O4S. The van der Waals surface area contributed by atoms with Gasteiger partial charge in [0.1, 0.15) is 23.2 Å². The van der Waals surface area contributed by atoms with Gasteiger partial charge >= 0.3 is 0 Å². The lowest BCUT2D eigenvalue weighted by atomic mass is 9.77. The van der Waals surface area contributed by atoms with Gasteiger partial charge in [-0.15, -0.1) is 0 Å². The zero-order valence-corrected chi connectivity index (χ0v) is 29.1. The molecule has 1 heterocycles. The standard InChI is InChI=1S/C37H50FN3O4S/c1-7-18-37(4,5)23-24(2)33(42)21-26-14-16-29(20-26)45-34-17-15-28(41-35(19-25(3)39-41)40-46(6,43)44)22-31(34)30-12-9-13-32(38)36(30)27-10-8-11-27/h9,12-13,15,17,19,22,24,26-27,29,40H,7-8,10-11,14,16,18,20-21,23H2,1-6H3/t24-,26+,29+/m0/s1. The Hall–Kier alpha value is -3.20. The lowest BCUT2D eigenvalue weighted by Crippen LogP contribution is -2.22. The van der Waals surface area contributed by atoms with Crippen LogP contribution in [0, 0.1) is 30.0 Å². The Balaban J connectivity index is 1.42. The quantitative estimate of drug-likeness (QED) is 0.188. The molecule has 2 aliphatic rings. The number of nitrogens with zero attached hydrogens (tertiary/aromatic N) is 2. The minimum absolute atomic E-state index is 0.0478. The molecule has 7 nitrogen and oxygen atoms in total. The topological polar surface area (TPSA) is 90.3 Å². The van der Waals surface area contributed by atoms with E-state index >= 15 is 4.39 Å². The first-order valence-electron chi connectivity index (χ1n) is 16.9. The number of rotatable bonds is 14. The van der Waals surface area contributed by atoms with Gasteiger partial charge in [-0.2, -0.15) is 5.10 Å². The van der Waals surface area contributed by atoms with E-state index in [0.717, 1.165) is 75.2 Å². The molecule has 0 spiro atoms. The van der Waals surface area contributed by atoms with Crippen LogP contribution in [0.2, 0.25) is 0 Å². The number of nitrogens with one attached hydrogen (secondary N) is 1. The maximum atomic E-state index is 15.4. The second-order valence-electron chi connectivity index (χ2n) is 14.6. The average molecular weight is 652 g/mol. The van der Waals surface area contributed by atoms with Crippen LogP contribution in [0.5, 0.6) is 5.75 Å². The van der Waals surface area contributed by atoms with Crippen molar-refractivity contribution in [2.75, 3.05) is 11.0 Å². The number of ether oxygens (including phenoxy) is 1. The minimum atomic E-state index is -3.54. The van der Waals surface area contributed by atoms with Crippen molar-refractivity contribution in [3.8, 4) is 22.6 Å². The Morgan fingerprint density at radius 1 is 1.13 bits per heavy atom. The number of carbonyl (C=O) groups excluding carboxylic acids is 1. The van der Waals surface area contributed by atoms with Gasteiger partial charge in [0.15, 0.2) is 0 Å². The number of aryl methyl sites for hydroxylation is 1. The number of hydrogen-bond donors (Lipinski definition) is 1. The highest BCUT2D eigenvalue weighted by atomic mass is 32.2. The molecule has 1 aromatic heterocycles. The van der Waals surface area contributed by atoms with E-state index in [1.54, 1.807) is 23.7 Å². The fourth-order valence-electron chi connectivity index (χ4n) is 7.51. The summed E-state index contributed by atoms with van der Waals surface area (Å²) in [5, 5.41) is 4.56. The molecule has 0 saturated heterocycles. The fourth-order valence-corrected chi connectivity index (χ4v) is 8.04. The lowest BCUT2D eigenvalue weighted by Gasteiger charge is -2.29. The molecule has 1 N–H and O–H groups in total. The van der Waals surface area contributed by atoms with E-state index in [-0.39, 0.29) is 35.1 Å². The number of ketones is 1. The van der Waals surface area contributed by atoms with E-state index in [0.29, 0.717) is 40.7 Å². The summed E-state index contributed by atoms with van der Waals surface area (Å²) in [6.45, 7) is 10.6. The smallest absolute Gasteiger partial charge is 0.230 e. The Bertz CT molecular complexity index is 1660. The minimum Gasteiger partial charge on any atom is -0.490 e. The first kappa shape index (κ1) is 34.1. The van der Waals surface area contributed by atoms with Crippen molar-refractivity contribution in [2.24, 2.45) is 17.3 Å². The molecule has 0 aliphatic heterocycles. The highest BCUT2D eigenvalue weighted by Gasteiger charge is 2.32. The largest absolute Gasteiger partial charge is 0.490 e. The van der Waals surface area contributed by atoms with Gasteiger partial charge in [-0.1, -0.05) is 52.7 Å². The van der Waals surface area contributed by atoms with E-state index in [1.807, 2.05) is 24.3 Å². The first-order valence-corrected chi connectivity index (χ1v) is 18.8. The molecule has 5 rings (SSSR count). The SMILES string of the molecule is CCCC(C)(C)C[C@H](C)C(=O)C[C@@H]1CC[C@@H](Oc2ccc(-n3nc(C)cc3NS(C)(=O)=O)cc2-c2cccc(F)c2C2CCC2)C1. The van der Waals surface area contributed by atoms with Crippen molar-refractivity contribution in [3.05, 3.63) is 59.5 Å². The molecule has 2 aliphatic carbocycles. The van der Waals surface area contributed by atoms with Crippen LogP contribution in [0.25, 0.3) is 16.8 Å². The zero-order chi connectivity index (χ0) is 33.2. The van der Waals surface area contributed by atoms with E-state index < -0.39 is 10.0 Å². The van der Waals surface area contributed by atoms with Crippen LogP contribution in [0.3, 0.4) is 0 Å². The van der Waals surface area contributed by atoms with Gasteiger partial charge in [0.2, 0.25) is 10.0 Å². The van der Waals surface area contributed by atoms with Crippen molar-refractivity contribution in [2.45, 2.75) is 111 Å². The van der Waals surface area contributed by atoms with Crippen molar-refractivity contribution < 1.29 is 22.3 Å². The number of benzene rings is 2. The van der Waals surface area contributed by atoms with Crippen molar-refractivity contribution >= 4 is 21.6 Å². The van der Waals surface area contributed by atoms with Crippen LogP contribution in [-0.2, 0) is 14.8 Å². The summed E-state index contributed by atoms with van der Waals surface area (Å²) >= 11 is 0. The van der Waals surface area contributed by atoms with Gasteiger partial charge in [-0.3, -0.25) is 9.52 Å². The average Bonchev–Trinajstić information content (AvgIpc) is 3.52. The number of sulfonamides is 1. The molecule has 2 aromatic carbocycles. The van der Waals surface area contributed by atoms with E-state index in [9.17, 15) is 13.2 Å². The Kier molecular flexibility index (Phi) is 10.3. The molecule has 2 fully saturated rings. The summed E-state index contributed by atoms with van der Waals surface area (Å²) in [6.07, 6.45) is 10.3. The van der Waals surface area contributed by atoms with E-state index in [2.05, 4.69) is 37.5 Å². The van der Waals surface area contributed by atoms with Crippen molar-refractivity contribution in [1.82, 2.24) is 9.78 Å². The molecule has 9 heteroatoms. The normalized spacial score (nSPS) is 19.5. The lowest BCUT2D eigenvalue weighted by molar-refractivity contribution is -0.124. The number of halogens is 1. The Labute approximate surface area is 274 Å². The molecule has 0 radical (unpaired) electrons. The van der Waals surface area contributed by atoms with Crippen LogP contribution in [0.1, 0.15) is 109 Å². The molecule has 0 bridgehead atoms. The number of hydrogen-bond acceptors (Lipinski definition) is 5. The first-order chi connectivity index (χ1) is 21.7. The summed E-state index contributed by atoms with van der Waals surface area (Å²) in [5.74, 6) is 1.59. The van der Waals surface area contributed by atoms with Gasteiger partial charge in [-0.05, 0) is 105 Å². The second-order valence-corrected chi connectivity index (χ2v) is 16.3. The van der Waals surface area contributed by atoms with Crippen LogP contribution < -0.4 is 9.46 Å². The summed E-state index contributed by atoms with van der Waals surface area (Å²) in [4.78, 5) is 13.2. The predicted octanol–water partition coefficient (Wildman–Crippen LogP) is 8.99. The summed E-state index contributed by atoms with van der Waals surface area (Å²) in [7, 11) is -3.54. The third-order valence-electron chi connectivity index (χ3n) is 9.80. The van der Waals surface area contributed by atoms with Crippen LogP contribution >= 0.6 is 0 Å². The van der Waals surface area contributed by atoms with E-state index in [4.69, 9.17) is 4.74 Å². The van der Waals surface area contributed by atoms with Crippen LogP contribution in [0.15, 0.2) is 42.5 Å². The van der Waals surface area contributed by atoms with Gasteiger partial charge < -0.3 is 4.74 Å². The zero-order valence-electron chi connectivity index (χ0n) is 28.2. The molecule has 46 heavy (non-hydrogen) atoms. The Morgan fingerprint density at radius 2 is 1.89 bits per heavy atom. The molecule has 3 aromatic rings. The molecule has 250 valence electrons. The fraction of sp³-hybridized carbons (Fsp3) is 0.568. The molecule has 2 saturated carbocycles. The number of anilines is 1. The molecule has 0 amide bonds. The monoisotopic (exact) mass is 651 g/mol. The highest BCUT2D eigenvalue weighted by Crippen LogP contribution is 2.46. The third kappa shape index (κ3) is 8.20. The number of aromatic nitrogens is 2. The maximum Gasteiger partial charge on any atom is 0.230 e. The third-order valence-corrected chi connectivity index (χ3v) is 10.4. The summed E-state index contributed by atoms with van der Waals surface area (Å²) in [6, 6.07) is 12.5. The van der Waals surface area contributed by atoms with E-state index in [1.165, 1.54) is 6.07 Å². The number of Topliss-reactive ketones (excluding diaryl/α,β-unsaturated/α-hetero) is 1. The number of carbonyl (C=O) groups is 1. The maximum absolute atomic E-state index is 15.4. The molecular weight excluding hydrogens is 601 g/mol. The summed E-state index contributed by atoms with van der Waals surface area (Å²) in [5.41, 5.74) is 3.71. The van der Waals surface area contributed by atoms with Crippen molar-refractivity contribution in [3.63, 3.8) is 0 Å². The Morgan fingerprint density at radius 3 is 2.57 bits per heavy atom.